The summed E-state index contributed by atoms with van der Waals surface area (Å²) in [6.45, 7) is 4.11. The number of halogens is 2. The van der Waals surface area contributed by atoms with E-state index in [1.807, 2.05) is 19.1 Å². The molecule has 0 aliphatic carbocycles. The molecule has 2 rings (SSSR count). The number of hydrogen-bond acceptors (Lipinski definition) is 3. The maximum atomic E-state index is 9.66. The van der Waals surface area contributed by atoms with Gasteiger partial charge in [-0.1, -0.05) is 6.07 Å². The summed E-state index contributed by atoms with van der Waals surface area (Å²) in [5.41, 5.74) is 3.21. The van der Waals surface area contributed by atoms with Gasteiger partial charge in [0, 0.05) is 15.0 Å². The summed E-state index contributed by atoms with van der Waals surface area (Å²) in [7, 11) is 1.55. The smallest absolute Gasteiger partial charge is 0.160 e. The normalized spacial score (nSPS) is 12.0. The highest BCUT2D eigenvalue weighted by Gasteiger charge is 2.13. The Hall–Kier alpha value is -1.20. The largest absolute Gasteiger partial charge is 0.504 e. The lowest BCUT2D eigenvalue weighted by Gasteiger charge is -2.19. The summed E-state index contributed by atoms with van der Waals surface area (Å²) < 4.78 is 7.17. The molecule has 0 spiro atoms. The van der Waals surface area contributed by atoms with Crippen LogP contribution in [0.15, 0.2) is 39.3 Å². The molecule has 0 heterocycles. The van der Waals surface area contributed by atoms with Crippen LogP contribution in [0.3, 0.4) is 0 Å². The van der Waals surface area contributed by atoms with Gasteiger partial charge in [-0.2, -0.15) is 0 Å². The van der Waals surface area contributed by atoms with Gasteiger partial charge in [0.25, 0.3) is 0 Å². The number of methoxy groups -OCH3 is 1. The van der Waals surface area contributed by atoms with Crippen molar-refractivity contribution in [1.29, 1.82) is 0 Å². The van der Waals surface area contributed by atoms with Gasteiger partial charge < -0.3 is 15.2 Å². The lowest BCUT2D eigenvalue weighted by Crippen LogP contribution is -2.08. The molecule has 0 bridgehead atoms. The molecule has 21 heavy (non-hydrogen) atoms. The zero-order valence-corrected chi connectivity index (χ0v) is 15.2. The van der Waals surface area contributed by atoms with Crippen LogP contribution in [0.2, 0.25) is 0 Å². The van der Waals surface area contributed by atoms with Crippen LogP contribution in [-0.4, -0.2) is 12.2 Å². The second kappa shape index (κ2) is 6.71. The average molecular weight is 415 g/mol. The van der Waals surface area contributed by atoms with Gasteiger partial charge in [0.05, 0.1) is 12.8 Å². The molecule has 5 heteroatoms. The molecule has 0 aliphatic heterocycles. The summed E-state index contributed by atoms with van der Waals surface area (Å²) in [5.74, 6) is 0.620. The molecule has 3 nitrogen and oxygen atoms in total. The number of phenolic OH excluding ortho intramolecular Hbond substituents is 1. The highest BCUT2D eigenvalue weighted by Crippen LogP contribution is 2.36. The number of aromatic hydroxyl groups is 1. The molecular weight excluding hydrogens is 398 g/mol. The summed E-state index contributed by atoms with van der Waals surface area (Å²) >= 11 is 7.16. The van der Waals surface area contributed by atoms with E-state index in [2.05, 4.69) is 56.2 Å². The minimum Gasteiger partial charge on any atom is -0.504 e. The number of anilines is 1. The van der Waals surface area contributed by atoms with Crippen molar-refractivity contribution in [3.8, 4) is 11.5 Å². The van der Waals surface area contributed by atoms with Crippen molar-refractivity contribution in [2.75, 3.05) is 12.4 Å². The second-order valence-electron chi connectivity index (χ2n) is 4.90. The van der Waals surface area contributed by atoms with E-state index >= 15 is 0 Å². The zero-order chi connectivity index (χ0) is 15.6. The van der Waals surface area contributed by atoms with Crippen LogP contribution in [0.5, 0.6) is 11.5 Å². The van der Waals surface area contributed by atoms with Crippen molar-refractivity contribution in [2.45, 2.75) is 19.9 Å². The number of phenols is 1. The molecule has 2 N–H and O–H groups in total. The highest BCUT2D eigenvalue weighted by molar-refractivity contribution is 9.11. The van der Waals surface area contributed by atoms with E-state index in [0.29, 0.717) is 5.75 Å². The Morgan fingerprint density at radius 2 is 1.76 bits per heavy atom. The molecule has 0 fully saturated rings. The Kier molecular flexibility index (Phi) is 5.17. The number of benzene rings is 2. The van der Waals surface area contributed by atoms with Crippen molar-refractivity contribution < 1.29 is 9.84 Å². The van der Waals surface area contributed by atoms with Crippen molar-refractivity contribution in [3.63, 3.8) is 0 Å². The van der Waals surface area contributed by atoms with E-state index in [9.17, 15) is 5.11 Å². The lowest BCUT2D eigenvalue weighted by atomic mass is 10.1. The van der Waals surface area contributed by atoms with Gasteiger partial charge in [-0.3, -0.25) is 0 Å². The van der Waals surface area contributed by atoms with Crippen molar-refractivity contribution in [1.82, 2.24) is 0 Å². The number of nitrogens with one attached hydrogen (secondary N) is 1. The molecule has 2 aromatic rings. The average Bonchev–Trinajstić information content (AvgIpc) is 2.43. The molecule has 112 valence electrons. The van der Waals surface area contributed by atoms with Gasteiger partial charge >= 0.3 is 0 Å². The maximum absolute atomic E-state index is 9.66. The first-order valence-electron chi connectivity index (χ1n) is 6.51. The van der Waals surface area contributed by atoms with Crippen LogP contribution >= 0.6 is 31.9 Å². The van der Waals surface area contributed by atoms with Crippen LogP contribution in [0.1, 0.15) is 24.1 Å². The lowest BCUT2D eigenvalue weighted by molar-refractivity contribution is 0.373. The molecule has 0 aliphatic rings. The molecular formula is C16H17Br2NO2. The first-order chi connectivity index (χ1) is 9.92. The molecule has 2 aromatic carbocycles. The van der Waals surface area contributed by atoms with Crippen LogP contribution in [0.25, 0.3) is 0 Å². The Labute approximate surface area is 141 Å². The predicted molar refractivity (Wildman–Crippen MR) is 93.3 cm³/mol. The topological polar surface area (TPSA) is 41.5 Å². The molecule has 0 saturated carbocycles. The van der Waals surface area contributed by atoms with Gasteiger partial charge in [0.1, 0.15) is 0 Å². The van der Waals surface area contributed by atoms with Crippen LogP contribution in [-0.2, 0) is 0 Å². The summed E-state index contributed by atoms with van der Waals surface area (Å²) in [5, 5.41) is 13.1. The minimum atomic E-state index is 0.0646. The number of rotatable bonds is 4. The van der Waals surface area contributed by atoms with E-state index in [-0.39, 0.29) is 11.8 Å². The third kappa shape index (κ3) is 3.71. The Morgan fingerprint density at radius 3 is 2.33 bits per heavy atom. The third-order valence-corrected chi connectivity index (χ3v) is 4.50. The summed E-state index contributed by atoms with van der Waals surface area (Å²) in [6.07, 6.45) is 0. The molecule has 0 radical (unpaired) electrons. The van der Waals surface area contributed by atoms with Crippen molar-refractivity contribution in [3.05, 3.63) is 50.4 Å². The van der Waals surface area contributed by atoms with Crippen molar-refractivity contribution >= 4 is 37.5 Å². The molecule has 1 unspecified atom stereocenters. The first-order valence-corrected chi connectivity index (χ1v) is 8.10. The third-order valence-electron chi connectivity index (χ3n) is 3.25. The van der Waals surface area contributed by atoms with E-state index < -0.39 is 0 Å². The Balaban J connectivity index is 2.28. The van der Waals surface area contributed by atoms with Gasteiger partial charge in [0.15, 0.2) is 11.5 Å². The number of ether oxygens (including phenoxy) is 1. The van der Waals surface area contributed by atoms with E-state index in [0.717, 1.165) is 20.2 Å². The summed E-state index contributed by atoms with van der Waals surface area (Å²) in [4.78, 5) is 0. The summed E-state index contributed by atoms with van der Waals surface area (Å²) in [6, 6.07) is 9.56. The fraction of sp³-hybridized carbons (Fsp3) is 0.250. The Bertz CT molecular complexity index is 636. The van der Waals surface area contributed by atoms with E-state index in [4.69, 9.17) is 4.74 Å². The van der Waals surface area contributed by atoms with Crippen molar-refractivity contribution in [2.24, 2.45) is 0 Å². The van der Waals surface area contributed by atoms with Gasteiger partial charge in [-0.25, -0.2) is 0 Å². The van der Waals surface area contributed by atoms with Gasteiger partial charge in [-0.15, -0.1) is 0 Å². The number of hydrogen-bond donors (Lipinski definition) is 2. The molecule has 1 atom stereocenters. The maximum Gasteiger partial charge on any atom is 0.160 e. The van der Waals surface area contributed by atoms with Gasteiger partial charge in [-0.05, 0) is 81.1 Å². The predicted octanol–water partition coefficient (Wildman–Crippen LogP) is 5.41. The van der Waals surface area contributed by atoms with Gasteiger partial charge in [0.2, 0.25) is 0 Å². The minimum absolute atomic E-state index is 0.0646. The first kappa shape index (κ1) is 16.2. The fourth-order valence-electron chi connectivity index (χ4n) is 2.10. The molecule has 0 saturated heterocycles. The van der Waals surface area contributed by atoms with Crippen LogP contribution in [0.4, 0.5) is 5.69 Å². The Morgan fingerprint density at radius 1 is 1.14 bits per heavy atom. The fourth-order valence-corrected chi connectivity index (χ4v) is 3.75. The quantitative estimate of drug-likeness (QED) is 0.702. The zero-order valence-electron chi connectivity index (χ0n) is 12.1. The molecule has 0 aromatic heterocycles. The standard InChI is InChI=1S/C16H17Br2NO2/c1-9-6-12(17)16(13(18)7-9)19-10(2)11-4-5-14(20)15(8-11)21-3/h4-8,10,19-20H,1-3H3. The molecule has 0 amide bonds. The highest BCUT2D eigenvalue weighted by atomic mass is 79.9. The van der Waals surface area contributed by atoms with Crippen LogP contribution < -0.4 is 10.1 Å². The van der Waals surface area contributed by atoms with Crippen LogP contribution in [0, 0.1) is 6.92 Å². The van der Waals surface area contributed by atoms with E-state index in [1.165, 1.54) is 5.56 Å². The second-order valence-corrected chi connectivity index (χ2v) is 6.61. The van der Waals surface area contributed by atoms with E-state index in [1.54, 1.807) is 13.2 Å². The monoisotopic (exact) mass is 413 g/mol. The SMILES string of the molecule is COc1cc(C(C)Nc2c(Br)cc(C)cc2Br)ccc1O. The number of aryl methyl sites for hydroxylation is 1.